The van der Waals surface area contributed by atoms with Crippen LogP contribution in [0.2, 0.25) is 5.02 Å². The van der Waals surface area contributed by atoms with Gasteiger partial charge in [-0.25, -0.2) is 0 Å². The number of halogens is 1. The van der Waals surface area contributed by atoms with Crippen LogP contribution in [0.1, 0.15) is 5.56 Å². The van der Waals surface area contributed by atoms with Crippen molar-refractivity contribution < 1.29 is 14.3 Å². The first-order chi connectivity index (χ1) is 11.1. The van der Waals surface area contributed by atoms with Gasteiger partial charge in [-0.15, -0.1) is 11.8 Å². The van der Waals surface area contributed by atoms with E-state index in [0.29, 0.717) is 29.7 Å². The van der Waals surface area contributed by atoms with Crippen LogP contribution in [0.4, 0.5) is 5.69 Å². The molecule has 1 amide bonds. The summed E-state index contributed by atoms with van der Waals surface area (Å²) in [6.07, 6.45) is 0. The minimum atomic E-state index is -0.101. The Morgan fingerprint density at radius 3 is 2.74 bits per heavy atom. The van der Waals surface area contributed by atoms with E-state index < -0.39 is 0 Å². The second-order valence-corrected chi connectivity index (χ2v) is 6.58. The maximum absolute atomic E-state index is 12.1. The van der Waals surface area contributed by atoms with Gasteiger partial charge in [-0.2, -0.15) is 0 Å². The molecule has 1 aliphatic heterocycles. The van der Waals surface area contributed by atoms with Crippen molar-refractivity contribution in [3.8, 4) is 11.5 Å². The van der Waals surface area contributed by atoms with Crippen LogP contribution in [0.25, 0.3) is 0 Å². The minimum absolute atomic E-state index is 0.101. The number of hydrogen-bond donors (Lipinski definition) is 1. The molecule has 0 spiro atoms. The highest BCUT2D eigenvalue weighted by Gasteiger charge is 2.13. The van der Waals surface area contributed by atoms with E-state index in [4.69, 9.17) is 21.1 Å². The fourth-order valence-electron chi connectivity index (χ4n) is 2.17. The summed E-state index contributed by atoms with van der Waals surface area (Å²) in [4.78, 5) is 13.0. The fourth-order valence-corrected chi connectivity index (χ4v) is 3.18. The highest BCUT2D eigenvalue weighted by molar-refractivity contribution is 8.00. The van der Waals surface area contributed by atoms with Crippen molar-refractivity contribution in [3.05, 3.63) is 47.0 Å². The van der Waals surface area contributed by atoms with Crippen LogP contribution in [0.5, 0.6) is 11.5 Å². The summed E-state index contributed by atoms with van der Waals surface area (Å²) in [6.45, 7) is 3.07. The van der Waals surface area contributed by atoms with Gasteiger partial charge in [-0.05, 0) is 42.8 Å². The molecule has 0 radical (unpaired) electrons. The third-order valence-corrected chi connectivity index (χ3v) is 4.59. The Balaban J connectivity index is 1.58. The zero-order valence-electron chi connectivity index (χ0n) is 12.6. The van der Waals surface area contributed by atoms with Crippen molar-refractivity contribution in [2.24, 2.45) is 0 Å². The van der Waals surface area contributed by atoms with Crippen LogP contribution < -0.4 is 14.8 Å². The predicted octanol–water partition coefficient (Wildman–Crippen LogP) is 4.15. The highest BCUT2D eigenvalue weighted by Crippen LogP contribution is 2.34. The number of rotatable bonds is 4. The molecule has 2 aromatic carbocycles. The molecule has 0 aromatic heterocycles. The number of ether oxygens (including phenoxy) is 2. The summed E-state index contributed by atoms with van der Waals surface area (Å²) in [6, 6.07) is 11.2. The molecule has 3 rings (SSSR count). The summed E-state index contributed by atoms with van der Waals surface area (Å²) in [5.41, 5.74) is 1.68. The molecule has 0 aliphatic carbocycles. The van der Waals surface area contributed by atoms with Gasteiger partial charge >= 0.3 is 0 Å². The molecule has 120 valence electrons. The zero-order valence-corrected chi connectivity index (χ0v) is 14.2. The second kappa shape index (κ2) is 7.15. The lowest BCUT2D eigenvalue weighted by atomic mass is 10.2. The molecule has 4 nitrogen and oxygen atoms in total. The van der Waals surface area contributed by atoms with Gasteiger partial charge in [0, 0.05) is 4.90 Å². The number of carbonyl (C=O) groups excluding carboxylic acids is 1. The normalized spacial score (nSPS) is 12.8. The average molecular weight is 350 g/mol. The third-order valence-electron chi connectivity index (χ3n) is 3.28. The van der Waals surface area contributed by atoms with Crippen molar-refractivity contribution in [1.29, 1.82) is 0 Å². The summed E-state index contributed by atoms with van der Waals surface area (Å²) >= 11 is 7.56. The summed E-state index contributed by atoms with van der Waals surface area (Å²) < 4.78 is 11.0. The number of aryl methyl sites for hydroxylation is 1. The Hall–Kier alpha value is -1.85. The lowest BCUT2D eigenvalue weighted by Crippen LogP contribution is -2.15. The maximum atomic E-state index is 12.1. The first-order valence-corrected chi connectivity index (χ1v) is 8.56. The van der Waals surface area contributed by atoms with Gasteiger partial charge in [0.2, 0.25) is 5.91 Å². The molecule has 0 bridgehead atoms. The molecule has 0 unspecified atom stereocenters. The molecule has 23 heavy (non-hydrogen) atoms. The van der Waals surface area contributed by atoms with Crippen LogP contribution in [0.3, 0.4) is 0 Å². The van der Waals surface area contributed by atoms with Crippen molar-refractivity contribution in [2.45, 2.75) is 11.8 Å². The summed E-state index contributed by atoms with van der Waals surface area (Å²) in [7, 11) is 0. The number of amides is 1. The Labute approximate surface area is 144 Å². The van der Waals surface area contributed by atoms with E-state index in [0.717, 1.165) is 22.0 Å². The van der Waals surface area contributed by atoms with Gasteiger partial charge in [-0.3, -0.25) is 4.79 Å². The third kappa shape index (κ3) is 4.12. The van der Waals surface area contributed by atoms with Crippen LogP contribution in [0, 0.1) is 6.92 Å². The molecule has 1 N–H and O–H groups in total. The standard InChI is InChI=1S/C17H16ClNO3S/c1-11-2-4-14(13(18)8-11)19-17(20)10-23-12-3-5-15-16(9-12)22-7-6-21-15/h2-5,8-9H,6-7,10H2,1H3,(H,19,20). The van der Waals surface area contributed by atoms with Crippen molar-refractivity contribution in [2.75, 3.05) is 24.3 Å². The first-order valence-electron chi connectivity index (χ1n) is 7.20. The summed E-state index contributed by atoms with van der Waals surface area (Å²) in [5, 5.41) is 3.37. The Morgan fingerprint density at radius 2 is 1.96 bits per heavy atom. The second-order valence-electron chi connectivity index (χ2n) is 5.13. The van der Waals surface area contributed by atoms with Crippen LogP contribution in [0.15, 0.2) is 41.3 Å². The zero-order chi connectivity index (χ0) is 16.2. The molecule has 0 atom stereocenters. The van der Waals surface area contributed by atoms with E-state index in [2.05, 4.69) is 5.32 Å². The van der Waals surface area contributed by atoms with E-state index in [1.807, 2.05) is 43.3 Å². The first kappa shape index (κ1) is 16.0. The Morgan fingerprint density at radius 1 is 1.17 bits per heavy atom. The molecule has 0 fully saturated rings. The highest BCUT2D eigenvalue weighted by atomic mass is 35.5. The largest absolute Gasteiger partial charge is 0.486 e. The van der Waals surface area contributed by atoms with Crippen molar-refractivity contribution >= 4 is 35.0 Å². The summed E-state index contributed by atoms with van der Waals surface area (Å²) in [5.74, 6) is 1.67. The number of nitrogens with one attached hydrogen (secondary N) is 1. The lowest BCUT2D eigenvalue weighted by molar-refractivity contribution is -0.113. The quantitative estimate of drug-likeness (QED) is 0.842. The van der Waals surface area contributed by atoms with E-state index >= 15 is 0 Å². The van der Waals surface area contributed by atoms with E-state index in [-0.39, 0.29) is 5.91 Å². The van der Waals surface area contributed by atoms with Gasteiger partial charge in [0.05, 0.1) is 16.5 Å². The minimum Gasteiger partial charge on any atom is -0.486 e. The lowest BCUT2D eigenvalue weighted by Gasteiger charge is -2.18. The monoisotopic (exact) mass is 349 g/mol. The topological polar surface area (TPSA) is 47.6 Å². The predicted molar refractivity (Wildman–Crippen MR) is 93.0 cm³/mol. The average Bonchev–Trinajstić information content (AvgIpc) is 2.55. The van der Waals surface area contributed by atoms with Gasteiger partial charge in [0.25, 0.3) is 0 Å². The van der Waals surface area contributed by atoms with E-state index in [1.165, 1.54) is 11.8 Å². The Bertz CT molecular complexity index is 736. The van der Waals surface area contributed by atoms with E-state index in [1.54, 1.807) is 0 Å². The van der Waals surface area contributed by atoms with Crippen LogP contribution in [-0.2, 0) is 4.79 Å². The molecule has 0 saturated heterocycles. The SMILES string of the molecule is Cc1ccc(NC(=O)CSc2ccc3c(c2)OCCO3)c(Cl)c1. The van der Waals surface area contributed by atoms with Gasteiger partial charge in [0.15, 0.2) is 11.5 Å². The van der Waals surface area contributed by atoms with Crippen LogP contribution >= 0.6 is 23.4 Å². The van der Waals surface area contributed by atoms with Crippen molar-refractivity contribution in [1.82, 2.24) is 0 Å². The molecule has 2 aromatic rings. The smallest absolute Gasteiger partial charge is 0.234 e. The van der Waals surface area contributed by atoms with Gasteiger partial charge in [0.1, 0.15) is 13.2 Å². The number of hydrogen-bond acceptors (Lipinski definition) is 4. The number of anilines is 1. The molecule has 0 saturated carbocycles. The number of fused-ring (bicyclic) bond motifs is 1. The number of carbonyl (C=O) groups is 1. The van der Waals surface area contributed by atoms with Gasteiger partial charge in [-0.1, -0.05) is 17.7 Å². The fraction of sp³-hybridized carbons (Fsp3) is 0.235. The van der Waals surface area contributed by atoms with E-state index in [9.17, 15) is 4.79 Å². The Kier molecular flexibility index (Phi) is 4.98. The molecule has 6 heteroatoms. The molecule has 1 heterocycles. The molecular weight excluding hydrogens is 334 g/mol. The van der Waals surface area contributed by atoms with Crippen LogP contribution in [-0.4, -0.2) is 24.9 Å². The molecule has 1 aliphatic rings. The van der Waals surface area contributed by atoms with Gasteiger partial charge < -0.3 is 14.8 Å². The number of thioether (sulfide) groups is 1. The number of benzene rings is 2. The maximum Gasteiger partial charge on any atom is 0.234 e. The molecular formula is C17H16ClNO3S. The van der Waals surface area contributed by atoms with Crippen molar-refractivity contribution in [3.63, 3.8) is 0 Å².